The fourth-order valence-electron chi connectivity index (χ4n) is 5.35. The summed E-state index contributed by atoms with van der Waals surface area (Å²) in [6, 6.07) is 19.6. The molecule has 3 N–H and O–H groups in total. The standard InChI is InChI=1S/C33H37N5O7S2/c1-21(2)17-37(47(43,44)26-12-13-27-31(16-26)46-20-34-27)18-29(40)28(14-23-8-5-4-6-9-23)36-32(41)30-19-38(33(42)45-30)25-11-7-10-24(15-25)35-22(3)39/h4-13,15-16,20-21,28-30,40H,14,17-19H2,1-3H3,(H,35,39)(H,36,41)/t28-,29+,30-/m0/s1. The van der Waals surface area contributed by atoms with Gasteiger partial charge in [-0.1, -0.05) is 50.2 Å². The molecular formula is C33H37N5O7S2. The van der Waals surface area contributed by atoms with E-state index in [0.717, 1.165) is 10.3 Å². The zero-order valence-electron chi connectivity index (χ0n) is 26.2. The quantitative estimate of drug-likeness (QED) is 0.191. The van der Waals surface area contributed by atoms with Crippen LogP contribution in [0.15, 0.2) is 83.2 Å². The van der Waals surface area contributed by atoms with E-state index in [2.05, 4.69) is 15.6 Å². The van der Waals surface area contributed by atoms with Crippen LogP contribution in [-0.4, -0.2) is 78.6 Å². The molecular weight excluding hydrogens is 643 g/mol. The molecule has 1 aromatic heterocycles. The van der Waals surface area contributed by atoms with E-state index in [9.17, 15) is 27.9 Å². The Morgan fingerprint density at radius 2 is 1.85 bits per heavy atom. The van der Waals surface area contributed by atoms with Gasteiger partial charge in [0.2, 0.25) is 15.9 Å². The predicted octanol–water partition coefficient (Wildman–Crippen LogP) is 4.02. The number of amides is 3. The lowest BCUT2D eigenvalue weighted by molar-refractivity contribution is -0.129. The average Bonchev–Trinajstić information content (AvgIpc) is 3.66. The molecule has 0 aliphatic carbocycles. The third-order valence-corrected chi connectivity index (χ3v) is 10.2. The summed E-state index contributed by atoms with van der Waals surface area (Å²) in [7, 11) is -4.03. The monoisotopic (exact) mass is 679 g/mol. The summed E-state index contributed by atoms with van der Waals surface area (Å²) in [5, 5.41) is 17.1. The summed E-state index contributed by atoms with van der Waals surface area (Å²) in [5.41, 5.74) is 4.07. The fourth-order valence-corrected chi connectivity index (χ4v) is 7.79. The van der Waals surface area contributed by atoms with E-state index in [4.69, 9.17) is 4.74 Å². The number of cyclic esters (lactones) is 1. The van der Waals surface area contributed by atoms with Crippen molar-refractivity contribution in [1.82, 2.24) is 14.6 Å². The van der Waals surface area contributed by atoms with Crippen molar-refractivity contribution in [2.24, 2.45) is 5.92 Å². The second-order valence-corrected chi connectivity index (χ2v) is 14.6. The van der Waals surface area contributed by atoms with Crippen molar-refractivity contribution in [3.8, 4) is 0 Å². The largest absolute Gasteiger partial charge is 0.434 e. The number of rotatable bonds is 13. The molecule has 3 amide bonds. The number of benzene rings is 3. The summed E-state index contributed by atoms with van der Waals surface area (Å²) < 4.78 is 35.2. The Labute approximate surface area is 277 Å². The van der Waals surface area contributed by atoms with Crippen molar-refractivity contribution in [1.29, 1.82) is 0 Å². The molecule has 2 heterocycles. The van der Waals surface area contributed by atoms with Crippen molar-refractivity contribution in [3.63, 3.8) is 0 Å². The van der Waals surface area contributed by atoms with E-state index in [0.29, 0.717) is 16.9 Å². The number of aliphatic hydroxyl groups is 1. The zero-order valence-corrected chi connectivity index (χ0v) is 27.8. The smallest absolute Gasteiger partial charge is 0.415 e. The first-order chi connectivity index (χ1) is 22.4. The molecule has 1 aliphatic rings. The minimum atomic E-state index is -4.03. The number of anilines is 2. The number of sulfonamides is 1. The second-order valence-electron chi connectivity index (χ2n) is 11.8. The summed E-state index contributed by atoms with van der Waals surface area (Å²) in [4.78, 5) is 43.4. The maximum atomic E-state index is 13.9. The Morgan fingerprint density at radius 1 is 1.09 bits per heavy atom. The van der Waals surface area contributed by atoms with Gasteiger partial charge < -0.3 is 20.5 Å². The van der Waals surface area contributed by atoms with Crippen molar-refractivity contribution in [2.75, 3.05) is 29.9 Å². The van der Waals surface area contributed by atoms with Gasteiger partial charge in [-0.15, -0.1) is 11.3 Å². The Kier molecular flexibility index (Phi) is 10.5. The van der Waals surface area contributed by atoms with Crippen LogP contribution in [0.5, 0.6) is 0 Å². The van der Waals surface area contributed by atoms with Gasteiger partial charge in [0, 0.05) is 31.4 Å². The summed E-state index contributed by atoms with van der Waals surface area (Å²) in [6.45, 7) is 4.89. The first kappa shape index (κ1) is 34.0. The maximum Gasteiger partial charge on any atom is 0.415 e. The Morgan fingerprint density at radius 3 is 2.57 bits per heavy atom. The van der Waals surface area contributed by atoms with E-state index < -0.39 is 40.3 Å². The van der Waals surface area contributed by atoms with E-state index in [-0.39, 0.29) is 42.8 Å². The molecule has 1 fully saturated rings. The third kappa shape index (κ3) is 8.32. The van der Waals surface area contributed by atoms with Gasteiger partial charge >= 0.3 is 6.09 Å². The highest BCUT2D eigenvalue weighted by molar-refractivity contribution is 7.89. The number of hydrogen-bond acceptors (Lipinski definition) is 9. The van der Waals surface area contributed by atoms with Gasteiger partial charge in [0.1, 0.15) is 0 Å². The normalized spacial score (nSPS) is 16.3. The predicted molar refractivity (Wildman–Crippen MR) is 180 cm³/mol. The molecule has 0 unspecified atom stereocenters. The summed E-state index contributed by atoms with van der Waals surface area (Å²) in [6.07, 6.45) is -3.06. The lowest BCUT2D eigenvalue weighted by Crippen LogP contribution is -2.53. The molecule has 248 valence electrons. The number of carbonyl (C=O) groups excluding carboxylic acids is 3. The van der Waals surface area contributed by atoms with Crippen LogP contribution in [0.2, 0.25) is 0 Å². The fraction of sp³-hybridized carbons (Fsp3) is 0.333. The number of nitrogens with one attached hydrogen (secondary N) is 2. The van der Waals surface area contributed by atoms with Gasteiger partial charge in [0.25, 0.3) is 5.91 Å². The molecule has 5 rings (SSSR count). The van der Waals surface area contributed by atoms with Gasteiger partial charge in [-0.2, -0.15) is 4.31 Å². The van der Waals surface area contributed by atoms with Crippen LogP contribution < -0.4 is 15.5 Å². The minimum Gasteiger partial charge on any atom is -0.434 e. The topological polar surface area (TPSA) is 158 Å². The highest BCUT2D eigenvalue weighted by Gasteiger charge is 2.39. The number of aromatic nitrogens is 1. The number of ether oxygens (including phenoxy) is 1. The number of aliphatic hydroxyl groups excluding tert-OH is 1. The third-order valence-electron chi connectivity index (χ3n) is 7.57. The van der Waals surface area contributed by atoms with Crippen LogP contribution in [0.25, 0.3) is 10.2 Å². The van der Waals surface area contributed by atoms with Crippen LogP contribution in [0.1, 0.15) is 26.3 Å². The van der Waals surface area contributed by atoms with Crippen LogP contribution in [0, 0.1) is 5.92 Å². The van der Waals surface area contributed by atoms with Gasteiger partial charge in [-0.25, -0.2) is 18.2 Å². The first-order valence-corrected chi connectivity index (χ1v) is 17.4. The Bertz CT molecular complexity index is 1850. The van der Waals surface area contributed by atoms with Gasteiger partial charge in [0.05, 0.1) is 39.3 Å². The van der Waals surface area contributed by atoms with Gasteiger partial charge in [0.15, 0.2) is 6.10 Å². The molecule has 47 heavy (non-hydrogen) atoms. The van der Waals surface area contributed by atoms with E-state index in [1.807, 2.05) is 44.2 Å². The molecule has 1 aliphatic heterocycles. The van der Waals surface area contributed by atoms with Crippen molar-refractivity contribution in [2.45, 2.75) is 50.3 Å². The highest BCUT2D eigenvalue weighted by Crippen LogP contribution is 2.27. The Hall–Kier alpha value is -4.37. The molecule has 3 atom stereocenters. The van der Waals surface area contributed by atoms with Crippen LogP contribution in [0.3, 0.4) is 0 Å². The Balaban J connectivity index is 1.35. The van der Waals surface area contributed by atoms with Crippen molar-refractivity contribution in [3.05, 3.63) is 83.9 Å². The van der Waals surface area contributed by atoms with Gasteiger partial charge in [-0.3, -0.25) is 14.5 Å². The summed E-state index contributed by atoms with van der Waals surface area (Å²) in [5.74, 6) is -0.959. The molecule has 12 nitrogen and oxygen atoms in total. The second kappa shape index (κ2) is 14.6. The minimum absolute atomic E-state index is 0.0562. The lowest BCUT2D eigenvalue weighted by Gasteiger charge is -2.31. The number of thiazole rings is 1. The zero-order chi connectivity index (χ0) is 33.7. The van der Waals surface area contributed by atoms with Crippen LogP contribution in [0.4, 0.5) is 16.2 Å². The lowest BCUT2D eigenvalue weighted by atomic mass is 10.0. The number of carbonyl (C=O) groups is 3. The molecule has 0 saturated carbocycles. The molecule has 3 aromatic carbocycles. The molecule has 0 bridgehead atoms. The van der Waals surface area contributed by atoms with Crippen molar-refractivity contribution >= 4 is 60.9 Å². The summed E-state index contributed by atoms with van der Waals surface area (Å²) >= 11 is 1.34. The number of hydrogen-bond donors (Lipinski definition) is 3. The number of nitrogens with zero attached hydrogens (tertiary/aromatic N) is 3. The molecule has 0 spiro atoms. The van der Waals surface area contributed by atoms with Crippen LogP contribution >= 0.6 is 11.3 Å². The molecule has 4 aromatic rings. The van der Waals surface area contributed by atoms with Crippen molar-refractivity contribution < 1.29 is 32.6 Å². The van der Waals surface area contributed by atoms with Crippen LogP contribution in [-0.2, 0) is 30.8 Å². The highest BCUT2D eigenvalue weighted by atomic mass is 32.2. The molecule has 0 radical (unpaired) electrons. The maximum absolute atomic E-state index is 13.9. The van der Waals surface area contributed by atoms with E-state index in [1.54, 1.807) is 41.9 Å². The SMILES string of the molecule is CC(=O)Nc1cccc(N2C[C@@H](C(=O)N[C@@H](Cc3ccccc3)[C@H](O)CN(CC(C)C)S(=O)(=O)c3ccc4ncsc4c3)OC2=O)c1. The molecule has 1 saturated heterocycles. The van der Waals surface area contributed by atoms with E-state index >= 15 is 0 Å². The molecule has 14 heteroatoms. The van der Waals surface area contributed by atoms with Gasteiger partial charge in [-0.05, 0) is 54.3 Å². The number of fused-ring (bicyclic) bond motifs is 1. The first-order valence-electron chi connectivity index (χ1n) is 15.1. The average molecular weight is 680 g/mol. The van der Waals surface area contributed by atoms with E-state index in [1.165, 1.54) is 33.5 Å².